The van der Waals surface area contributed by atoms with Crippen LogP contribution in [0.15, 0.2) is 186 Å². The van der Waals surface area contributed by atoms with Gasteiger partial charge in [0.25, 0.3) is 0 Å². The summed E-state index contributed by atoms with van der Waals surface area (Å²) in [6.45, 7) is 0. The van der Waals surface area contributed by atoms with Gasteiger partial charge in [0.2, 0.25) is 5.95 Å². The molecule has 0 saturated heterocycles. The van der Waals surface area contributed by atoms with Gasteiger partial charge in [-0.2, -0.15) is 0 Å². The highest BCUT2D eigenvalue weighted by atomic mass is 16.3. The third-order valence-corrected chi connectivity index (χ3v) is 11.1. The molecular formula is C50H30N4O. The van der Waals surface area contributed by atoms with Crippen LogP contribution in [0.5, 0.6) is 0 Å². The molecule has 0 spiro atoms. The van der Waals surface area contributed by atoms with Gasteiger partial charge in [0.15, 0.2) is 0 Å². The van der Waals surface area contributed by atoms with Crippen molar-refractivity contribution in [2.24, 2.45) is 0 Å². The van der Waals surface area contributed by atoms with Crippen LogP contribution in [0.4, 0.5) is 0 Å². The zero-order chi connectivity index (χ0) is 36.0. The van der Waals surface area contributed by atoms with Gasteiger partial charge in [-0.1, -0.05) is 127 Å². The highest BCUT2D eigenvalue weighted by molar-refractivity contribution is 6.30. The fraction of sp³-hybridized carbons (Fsp3) is 0. The second-order valence-electron chi connectivity index (χ2n) is 14.2. The van der Waals surface area contributed by atoms with Crippen LogP contribution in [-0.4, -0.2) is 19.1 Å². The van der Waals surface area contributed by atoms with Crippen molar-refractivity contribution in [3.8, 4) is 34.0 Å². The van der Waals surface area contributed by atoms with Crippen LogP contribution in [0.1, 0.15) is 0 Å². The van der Waals surface area contributed by atoms with E-state index < -0.39 is 0 Å². The first-order chi connectivity index (χ1) is 27.3. The lowest BCUT2D eigenvalue weighted by atomic mass is 10.0. The summed E-state index contributed by atoms with van der Waals surface area (Å²) in [5.74, 6) is 0.614. The number of furan rings is 1. The van der Waals surface area contributed by atoms with Crippen molar-refractivity contribution in [1.82, 2.24) is 19.1 Å². The minimum atomic E-state index is 0.614. The number of aromatic nitrogens is 4. The summed E-state index contributed by atoms with van der Waals surface area (Å²) in [5, 5.41) is 7.63. The summed E-state index contributed by atoms with van der Waals surface area (Å²) in [5.41, 5.74) is 12.3. The quantitative estimate of drug-likeness (QED) is 0.183. The van der Waals surface area contributed by atoms with Gasteiger partial charge in [0.1, 0.15) is 11.2 Å². The van der Waals surface area contributed by atoms with Crippen LogP contribution < -0.4 is 0 Å². The molecule has 0 unspecified atom stereocenters. The van der Waals surface area contributed by atoms with Gasteiger partial charge in [-0.05, 0) is 65.7 Å². The zero-order valence-electron chi connectivity index (χ0n) is 29.5. The standard InChI is InChI=1S/C50H30N4O/c1-3-14-31(15-4-1)33-18-13-19-34(30-33)53-41-24-11-8-22-38(41)45-42(53)29-27-39-46-43(28-26-36-35-20-9-12-25-44(35)55-49(36)46)54(48(39)45)50-51-40-23-10-7-21-37(40)47(52-50)32-16-5-2-6-17-32/h1-30H. The third-order valence-electron chi connectivity index (χ3n) is 11.1. The number of para-hydroxylation sites is 3. The first kappa shape index (κ1) is 30.0. The Bertz CT molecular complexity index is 3480. The molecule has 12 rings (SSSR count). The topological polar surface area (TPSA) is 48.8 Å². The van der Waals surface area contributed by atoms with E-state index in [1.165, 1.54) is 11.1 Å². The Kier molecular flexibility index (Phi) is 6.27. The number of rotatable bonds is 4. The van der Waals surface area contributed by atoms with Crippen LogP contribution in [0.25, 0.3) is 110 Å². The molecule has 0 bridgehead atoms. The van der Waals surface area contributed by atoms with Crippen molar-refractivity contribution < 1.29 is 4.42 Å². The second-order valence-corrected chi connectivity index (χ2v) is 14.2. The Morgan fingerprint density at radius 2 is 1.05 bits per heavy atom. The Morgan fingerprint density at radius 1 is 0.400 bits per heavy atom. The maximum Gasteiger partial charge on any atom is 0.235 e. The minimum Gasteiger partial charge on any atom is -0.455 e. The van der Waals surface area contributed by atoms with E-state index in [9.17, 15) is 0 Å². The molecule has 12 aromatic rings. The van der Waals surface area contributed by atoms with E-state index in [0.717, 1.165) is 93.4 Å². The van der Waals surface area contributed by atoms with Crippen molar-refractivity contribution >= 4 is 76.5 Å². The zero-order valence-corrected chi connectivity index (χ0v) is 29.5. The van der Waals surface area contributed by atoms with Gasteiger partial charge in [0, 0.05) is 43.6 Å². The predicted octanol–water partition coefficient (Wildman–Crippen LogP) is 13.1. The lowest BCUT2D eigenvalue weighted by Crippen LogP contribution is -2.03. The molecule has 55 heavy (non-hydrogen) atoms. The van der Waals surface area contributed by atoms with E-state index >= 15 is 0 Å². The van der Waals surface area contributed by atoms with Crippen LogP contribution in [0, 0.1) is 0 Å². The molecule has 0 saturated carbocycles. The molecule has 0 aliphatic carbocycles. The van der Waals surface area contributed by atoms with Gasteiger partial charge >= 0.3 is 0 Å². The van der Waals surface area contributed by atoms with Gasteiger partial charge in [-0.15, -0.1) is 0 Å². The lowest BCUT2D eigenvalue weighted by molar-refractivity contribution is 0.673. The number of benzene rings is 8. The molecule has 0 radical (unpaired) electrons. The maximum absolute atomic E-state index is 6.76. The average molecular weight is 703 g/mol. The van der Waals surface area contributed by atoms with Crippen molar-refractivity contribution in [1.29, 1.82) is 0 Å². The van der Waals surface area contributed by atoms with Gasteiger partial charge in [0.05, 0.1) is 38.7 Å². The van der Waals surface area contributed by atoms with E-state index in [-0.39, 0.29) is 0 Å². The van der Waals surface area contributed by atoms with E-state index in [1.807, 2.05) is 24.3 Å². The number of nitrogens with zero attached hydrogens (tertiary/aromatic N) is 4. The summed E-state index contributed by atoms with van der Waals surface area (Å²) in [6, 6.07) is 64.1. The van der Waals surface area contributed by atoms with E-state index in [0.29, 0.717) is 5.95 Å². The fourth-order valence-corrected chi connectivity index (χ4v) is 8.74. The Morgan fingerprint density at radius 3 is 1.89 bits per heavy atom. The van der Waals surface area contributed by atoms with E-state index in [1.54, 1.807) is 0 Å². The normalized spacial score (nSPS) is 12.0. The monoisotopic (exact) mass is 702 g/mol. The average Bonchev–Trinajstić information content (AvgIpc) is 3.91. The molecule has 0 atom stereocenters. The molecule has 0 N–H and O–H groups in total. The number of hydrogen-bond donors (Lipinski definition) is 0. The van der Waals surface area contributed by atoms with Gasteiger partial charge < -0.3 is 8.98 Å². The van der Waals surface area contributed by atoms with Crippen LogP contribution in [0.2, 0.25) is 0 Å². The molecule has 0 aliphatic rings. The number of hydrogen-bond acceptors (Lipinski definition) is 3. The predicted molar refractivity (Wildman–Crippen MR) is 226 cm³/mol. The van der Waals surface area contributed by atoms with Crippen molar-refractivity contribution in [2.45, 2.75) is 0 Å². The van der Waals surface area contributed by atoms with Crippen LogP contribution in [-0.2, 0) is 0 Å². The molecule has 256 valence electrons. The third kappa shape index (κ3) is 4.35. The van der Waals surface area contributed by atoms with Crippen LogP contribution >= 0.6 is 0 Å². The molecule has 0 aliphatic heterocycles. The maximum atomic E-state index is 6.76. The number of fused-ring (bicyclic) bond motifs is 12. The first-order valence-electron chi connectivity index (χ1n) is 18.6. The van der Waals surface area contributed by atoms with Crippen LogP contribution in [0.3, 0.4) is 0 Å². The summed E-state index contributed by atoms with van der Waals surface area (Å²) < 4.78 is 11.4. The molecule has 4 aromatic heterocycles. The first-order valence-corrected chi connectivity index (χ1v) is 18.6. The summed E-state index contributed by atoms with van der Waals surface area (Å²) in [6.07, 6.45) is 0. The SMILES string of the molecule is c1ccc(-c2cccc(-n3c4ccccc4c4c3ccc3c5c6oc7ccccc7c6ccc5n(-c5nc(-c6ccccc6)c6ccccc6n5)c34)c2)cc1. The second kappa shape index (κ2) is 11.5. The van der Waals surface area contributed by atoms with E-state index in [2.05, 4.69) is 167 Å². The Balaban J connectivity index is 1.26. The van der Waals surface area contributed by atoms with Crippen molar-refractivity contribution in [3.63, 3.8) is 0 Å². The summed E-state index contributed by atoms with van der Waals surface area (Å²) in [7, 11) is 0. The summed E-state index contributed by atoms with van der Waals surface area (Å²) >= 11 is 0. The Hall–Kier alpha value is -7.50. The molecule has 0 fully saturated rings. The Labute approximate surface area is 315 Å². The van der Waals surface area contributed by atoms with Gasteiger partial charge in [-0.25, -0.2) is 9.97 Å². The largest absolute Gasteiger partial charge is 0.455 e. The van der Waals surface area contributed by atoms with Crippen molar-refractivity contribution in [2.75, 3.05) is 0 Å². The molecule has 4 heterocycles. The van der Waals surface area contributed by atoms with Crippen molar-refractivity contribution in [3.05, 3.63) is 182 Å². The van der Waals surface area contributed by atoms with E-state index in [4.69, 9.17) is 14.4 Å². The molecular weight excluding hydrogens is 673 g/mol. The minimum absolute atomic E-state index is 0.614. The smallest absolute Gasteiger partial charge is 0.235 e. The molecule has 8 aromatic carbocycles. The molecule has 0 amide bonds. The molecule has 5 nitrogen and oxygen atoms in total. The highest BCUT2D eigenvalue weighted by Gasteiger charge is 2.25. The van der Waals surface area contributed by atoms with Gasteiger partial charge in [-0.3, -0.25) is 4.57 Å². The molecule has 5 heteroatoms. The fourth-order valence-electron chi connectivity index (χ4n) is 8.74. The lowest BCUT2D eigenvalue weighted by Gasteiger charge is -2.12. The highest BCUT2D eigenvalue weighted by Crippen LogP contribution is 2.45. The summed E-state index contributed by atoms with van der Waals surface area (Å²) in [4.78, 5) is 10.8.